The van der Waals surface area contributed by atoms with Crippen LogP contribution in [0.5, 0.6) is 0 Å². The standard InChI is InChI=1S/C9H11N/c1-3-4-9-5-8(2)6-10-7-9/h3,5-7H,1,4H2,2H3. The Balaban J connectivity index is 2.84. The van der Waals surface area contributed by atoms with Gasteiger partial charge < -0.3 is 0 Å². The predicted molar refractivity (Wildman–Crippen MR) is 42.9 cm³/mol. The van der Waals surface area contributed by atoms with Crippen LogP contribution in [0.2, 0.25) is 0 Å². The number of aryl methyl sites for hydroxylation is 1. The maximum Gasteiger partial charge on any atom is 0.0303 e. The lowest BCUT2D eigenvalue weighted by atomic mass is 10.2. The first-order valence-corrected chi connectivity index (χ1v) is 3.34. The van der Waals surface area contributed by atoms with E-state index in [4.69, 9.17) is 0 Å². The molecule has 1 aromatic rings. The number of hydrogen-bond donors (Lipinski definition) is 0. The molecule has 0 atom stereocenters. The summed E-state index contributed by atoms with van der Waals surface area (Å²) in [6.07, 6.45) is 6.52. The molecule has 0 radical (unpaired) electrons. The van der Waals surface area contributed by atoms with Gasteiger partial charge in [0.05, 0.1) is 0 Å². The van der Waals surface area contributed by atoms with E-state index < -0.39 is 0 Å². The van der Waals surface area contributed by atoms with Crippen molar-refractivity contribution in [1.82, 2.24) is 4.98 Å². The van der Waals surface area contributed by atoms with Crippen molar-refractivity contribution < 1.29 is 0 Å². The quantitative estimate of drug-likeness (QED) is 0.563. The van der Waals surface area contributed by atoms with Crippen LogP contribution in [-0.4, -0.2) is 4.98 Å². The molecule has 0 saturated heterocycles. The minimum absolute atomic E-state index is 0.911. The molecule has 10 heavy (non-hydrogen) atoms. The van der Waals surface area contributed by atoms with Crippen molar-refractivity contribution >= 4 is 0 Å². The molecule has 52 valence electrons. The number of pyridine rings is 1. The van der Waals surface area contributed by atoms with Crippen molar-refractivity contribution in [3.05, 3.63) is 42.2 Å². The van der Waals surface area contributed by atoms with Crippen LogP contribution in [0.25, 0.3) is 0 Å². The molecule has 0 unspecified atom stereocenters. The highest BCUT2D eigenvalue weighted by Crippen LogP contribution is 2.01. The third-order valence-electron chi connectivity index (χ3n) is 1.31. The number of nitrogens with zero attached hydrogens (tertiary/aromatic N) is 1. The average molecular weight is 133 g/mol. The number of allylic oxidation sites excluding steroid dienone is 1. The molecule has 0 N–H and O–H groups in total. The molecule has 0 bridgehead atoms. The van der Waals surface area contributed by atoms with E-state index in [0.29, 0.717) is 0 Å². The monoisotopic (exact) mass is 133 g/mol. The first-order chi connectivity index (χ1) is 4.83. The Kier molecular flexibility index (Phi) is 2.21. The van der Waals surface area contributed by atoms with E-state index in [0.717, 1.165) is 6.42 Å². The predicted octanol–water partition coefficient (Wildman–Crippen LogP) is 2.12. The van der Waals surface area contributed by atoms with E-state index >= 15 is 0 Å². The summed E-state index contributed by atoms with van der Waals surface area (Å²) in [5, 5.41) is 0. The fourth-order valence-corrected chi connectivity index (χ4v) is 0.896. The number of hydrogen-bond acceptors (Lipinski definition) is 1. The van der Waals surface area contributed by atoms with Crippen molar-refractivity contribution in [1.29, 1.82) is 0 Å². The number of aromatic nitrogens is 1. The fourth-order valence-electron chi connectivity index (χ4n) is 0.896. The molecule has 0 saturated carbocycles. The average Bonchev–Trinajstić information content (AvgIpc) is 1.88. The first kappa shape index (κ1) is 7.00. The second-order valence-corrected chi connectivity index (χ2v) is 2.36. The Morgan fingerprint density at radius 2 is 2.40 bits per heavy atom. The molecule has 0 fully saturated rings. The zero-order valence-electron chi connectivity index (χ0n) is 6.17. The third-order valence-corrected chi connectivity index (χ3v) is 1.31. The Bertz CT molecular complexity index is 228. The second-order valence-electron chi connectivity index (χ2n) is 2.36. The molecule has 0 aliphatic carbocycles. The largest absolute Gasteiger partial charge is 0.264 e. The van der Waals surface area contributed by atoms with Crippen LogP contribution in [0.4, 0.5) is 0 Å². The minimum atomic E-state index is 0.911. The molecule has 1 rings (SSSR count). The summed E-state index contributed by atoms with van der Waals surface area (Å²) >= 11 is 0. The van der Waals surface area contributed by atoms with Gasteiger partial charge in [0.15, 0.2) is 0 Å². The van der Waals surface area contributed by atoms with Crippen molar-refractivity contribution in [2.45, 2.75) is 13.3 Å². The van der Waals surface area contributed by atoms with Crippen LogP contribution in [-0.2, 0) is 6.42 Å². The van der Waals surface area contributed by atoms with Gasteiger partial charge in [-0.25, -0.2) is 0 Å². The molecule has 1 nitrogen and oxygen atoms in total. The SMILES string of the molecule is C=CCc1cncc(C)c1. The lowest BCUT2D eigenvalue weighted by Crippen LogP contribution is -1.83. The van der Waals surface area contributed by atoms with Crippen molar-refractivity contribution in [2.24, 2.45) is 0 Å². The van der Waals surface area contributed by atoms with Crippen LogP contribution in [0.3, 0.4) is 0 Å². The van der Waals surface area contributed by atoms with Gasteiger partial charge in [-0.3, -0.25) is 4.98 Å². The maximum atomic E-state index is 4.06. The highest BCUT2D eigenvalue weighted by Gasteiger charge is 1.88. The maximum absolute atomic E-state index is 4.06. The normalized spacial score (nSPS) is 9.30. The Hall–Kier alpha value is -1.11. The molecule has 0 aliphatic heterocycles. The lowest BCUT2D eigenvalue weighted by Gasteiger charge is -1.95. The first-order valence-electron chi connectivity index (χ1n) is 3.34. The summed E-state index contributed by atoms with van der Waals surface area (Å²) in [6, 6.07) is 2.12. The summed E-state index contributed by atoms with van der Waals surface area (Å²) < 4.78 is 0. The van der Waals surface area contributed by atoms with Gasteiger partial charge in [-0.15, -0.1) is 6.58 Å². The topological polar surface area (TPSA) is 12.9 Å². The van der Waals surface area contributed by atoms with E-state index in [1.165, 1.54) is 11.1 Å². The molecule has 1 aromatic heterocycles. The summed E-state index contributed by atoms with van der Waals surface area (Å²) in [5.41, 5.74) is 2.44. The summed E-state index contributed by atoms with van der Waals surface area (Å²) in [4.78, 5) is 4.06. The molecule has 1 heteroatoms. The summed E-state index contributed by atoms with van der Waals surface area (Å²) in [5.74, 6) is 0. The smallest absolute Gasteiger partial charge is 0.0303 e. The summed E-state index contributed by atoms with van der Waals surface area (Å²) in [7, 11) is 0. The van der Waals surface area contributed by atoms with E-state index in [2.05, 4.69) is 17.6 Å². The van der Waals surface area contributed by atoms with Crippen molar-refractivity contribution in [2.75, 3.05) is 0 Å². The van der Waals surface area contributed by atoms with Gasteiger partial charge in [-0.2, -0.15) is 0 Å². The van der Waals surface area contributed by atoms with Gasteiger partial charge in [0.2, 0.25) is 0 Å². The molecular weight excluding hydrogens is 122 g/mol. The molecular formula is C9H11N. The summed E-state index contributed by atoms with van der Waals surface area (Å²) in [6.45, 7) is 5.70. The van der Waals surface area contributed by atoms with E-state index in [1.807, 2.05) is 25.4 Å². The van der Waals surface area contributed by atoms with Gasteiger partial charge in [-0.05, 0) is 24.5 Å². The minimum Gasteiger partial charge on any atom is -0.264 e. The van der Waals surface area contributed by atoms with Crippen LogP contribution in [0.15, 0.2) is 31.1 Å². The van der Waals surface area contributed by atoms with Crippen LogP contribution in [0.1, 0.15) is 11.1 Å². The highest BCUT2D eigenvalue weighted by molar-refractivity contribution is 5.18. The highest BCUT2D eigenvalue weighted by atomic mass is 14.6. The van der Waals surface area contributed by atoms with Gasteiger partial charge in [0.1, 0.15) is 0 Å². The van der Waals surface area contributed by atoms with Gasteiger partial charge in [0, 0.05) is 12.4 Å². The van der Waals surface area contributed by atoms with Crippen LogP contribution in [0, 0.1) is 6.92 Å². The van der Waals surface area contributed by atoms with Crippen LogP contribution >= 0.6 is 0 Å². The second kappa shape index (κ2) is 3.16. The van der Waals surface area contributed by atoms with Crippen molar-refractivity contribution in [3.8, 4) is 0 Å². The van der Waals surface area contributed by atoms with E-state index in [-0.39, 0.29) is 0 Å². The third kappa shape index (κ3) is 1.69. The van der Waals surface area contributed by atoms with Gasteiger partial charge in [-0.1, -0.05) is 12.1 Å². The Morgan fingerprint density at radius 3 is 3.00 bits per heavy atom. The zero-order chi connectivity index (χ0) is 7.40. The molecule has 0 spiro atoms. The van der Waals surface area contributed by atoms with Crippen molar-refractivity contribution in [3.63, 3.8) is 0 Å². The van der Waals surface area contributed by atoms with Gasteiger partial charge in [0.25, 0.3) is 0 Å². The Morgan fingerprint density at radius 1 is 1.60 bits per heavy atom. The van der Waals surface area contributed by atoms with Crippen LogP contribution < -0.4 is 0 Å². The fraction of sp³-hybridized carbons (Fsp3) is 0.222. The lowest BCUT2D eigenvalue weighted by molar-refractivity contribution is 1.16. The molecule has 0 aromatic carbocycles. The van der Waals surface area contributed by atoms with E-state index in [1.54, 1.807) is 0 Å². The van der Waals surface area contributed by atoms with E-state index in [9.17, 15) is 0 Å². The van der Waals surface area contributed by atoms with Gasteiger partial charge >= 0.3 is 0 Å². The number of rotatable bonds is 2. The molecule has 1 heterocycles. The zero-order valence-corrected chi connectivity index (χ0v) is 6.17. The molecule has 0 amide bonds. The molecule has 0 aliphatic rings. The Labute approximate surface area is 61.4 Å².